The second kappa shape index (κ2) is 7.05. The smallest absolute Gasteiger partial charge is 0.273 e. The van der Waals surface area contributed by atoms with Gasteiger partial charge < -0.3 is 0 Å². The van der Waals surface area contributed by atoms with Crippen molar-refractivity contribution in [3.05, 3.63) is 74.1 Å². The predicted octanol–water partition coefficient (Wildman–Crippen LogP) is 4.90. The molecule has 26 heavy (non-hydrogen) atoms. The van der Waals surface area contributed by atoms with Crippen molar-refractivity contribution < 1.29 is 9.72 Å². The van der Waals surface area contributed by atoms with Gasteiger partial charge in [-0.15, -0.1) is 11.3 Å². The first-order chi connectivity index (χ1) is 12.3. The van der Waals surface area contributed by atoms with Crippen molar-refractivity contribution >= 4 is 28.1 Å². The monoisotopic (exact) mass is 367 g/mol. The number of hydrogen-bond acceptors (Lipinski definition) is 5. The van der Waals surface area contributed by atoms with E-state index >= 15 is 0 Å². The van der Waals surface area contributed by atoms with Crippen molar-refractivity contribution in [2.45, 2.75) is 20.8 Å². The highest BCUT2D eigenvalue weighted by Gasteiger charge is 2.16. The molecule has 7 heteroatoms. The molecule has 0 radical (unpaired) electrons. The molecule has 0 aliphatic rings. The van der Waals surface area contributed by atoms with E-state index in [1.54, 1.807) is 19.1 Å². The fourth-order valence-corrected chi connectivity index (χ4v) is 3.38. The molecule has 0 unspecified atom stereocenters. The third kappa shape index (κ3) is 3.62. The van der Waals surface area contributed by atoms with Crippen molar-refractivity contribution in [1.29, 1.82) is 0 Å². The molecule has 0 saturated heterocycles. The van der Waals surface area contributed by atoms with Gasteiger partial charge in [-0.3, -0.25) is 20.2 Å². The Balaban J connectivity index is 1.82. The number of anilines is 1. The van der Waals surface area contributed by atoms with Crippen molar-refractivity contribution in [1.82, 2.24) is 4.98 Å². The molecule has 0 aliphatic heterocycles. The molecule has 0 spiro atoms. The topological polar surface area (TPSA) is 85.1 Å². The molecule has 2 aromatic carbocycles. The summed E-state index contributed by atoms with van der Waals surface area (Å²) >= 11 is 1.32. The Kier molecular flexibility index (Phi) is 4.81. The van der Waals surface area contributed by atoms with Crippen LogP contribution < -0.4 is 5.32 Å². The van der Waals surface area contributed by atoms with Crippen LogP contribution in [0.1, 0.15) is 27.0 Å². The van der Waals surface area contributed by atoms with Crippen LogP contribution in [0.4, 0.5) is 10.8 Å². The van der Waals surface area contributed by atoms with E-state index in [1.807, 2.05) is 31.4 Å². The summed E-state index contributed by atoms with van der Waals surface area (Å²) in [6, 6.07) is 10.5. The molecule has 3 aromatic rings. The summed E-state index contributed by atoms with van der Waals surface area (Å²) in [5, 5.41) is 16.1. The fraction of sp³-hybridized carbons (Fsp3) is 0.158. The molecule has 0 fully saturated rings. The SMILES string of the molecule is Cc1ccc(-c2csc(NC(=O)c3ccc(C)c([N+](=O)[O-])c3)n2)c(C)c1. The van der Waals surface area contributed by atoms with Gasteiger partial charge in [0.2, 0.25) is 0 Å². The largest absolute Gasteiger partial charge is 0.298 e. The number of hydrogen-bond donors (Lipinski definition) is 1. The van der Waals surface area contributed by atoms with Crippen LogP contribution in [0, 0.1) is 30.9 Å². The molecule has 6 nitrogen and oxygen atoms in total. The van der Waals surface area contributed by atoms with Crippen LogP contribution in [0.3, 0.4) is 0 Å². The number of thiazole rings is 1. The second-order valence-electron chi connectivity index (χ2n) is 6.07. The summed E-state index contributed by atoms with van der Waals surface area (Å²) in [5.74, 6) is -0.422. The predicted molar refractivity (Wildman–Crippen MR) is 103 cm³/mol. The summed E-state index contributed by atoms with van der Waals surface area (Å²) in [5.41, 5.74) is 4.76. The Labute approximate surface area is 154 Å². The van der Waals surface area contributed by atoms with E-state index in [0.717, 1.165) is 16.8 Å². The molecule has 3 rings (SSSR count). The van der Waals surface area contributed by atoms with Crippen LogP contribution >= 0.6 is 11.3 Å². The third-order valence-electron chi connectivity index (χ3n) is 4.05. The van der Waals surface area contributed by atoms with Gasteiger partial charge in [-0.05, 0) is 32.4 Å². The number of carbonyl (C=O) groups is 1. The highest BCUT2D eigenvalue weighted by Crippen LogP contribution is 2.28. The standard InChI is InChI=1S/C19H17N3O3S/c1-11-4-7-15(13(3)8-11)16-10-26-19(20-16)21-18(23)14-6-5-12(2)17(9-14)22(24)25/h4-10H,1-3H3,(H,20,21,23). The van der Waals surface area contributed by atoms with Crippen molar-refractivity contribution in [2.24, 2.45) is 0 Å². The molecule has 0 atom stereocenters. The van der Waals surface area contributed by atoms with Gasteiger partial charge in [0, 0.05) is 28.1 Å². The van der Waals surface area contributed by atoms with E-state index in [4.69, 9.17) is 0 Å². The normalized spacial score (nSPS) is 10.6. The lowest BCUT2D eigenvalue weighted by molar-refractivity contribution is -0.385. The van der Waals surface area contributed by atoms with Crippen LogP contribution in [0.15, 0.2) is 41.8 Å². The van der Waals surface area contributed by atoms with Gasteiger partial charge in [-0.1, -0.05) is 29.8 Å². The zero-order chi connectivity index (χ0) is 18.8. The van der Waals surface area contributed by atoms with Gasteiger partial charge in [-0.25, -0.2) is 4.98 Å². The minimum Gasteiger partial charge on any atom is -0.298 e. The maximum absolute atomic E-state index is 12.4. The highest BCUT2D eigenvalue weighted by molar-refractivity contribution is 7.14. The minimum atomic E-state index is -0.492. The number of aromatic nitrogens is 1. The summed E-state index contributed by atoms with van der Waals surface area (Å²) in [6.07, 6.45) is 0. The molecule has 0 aliphatic carbocycles. The Morgan fingerprint density at radius 1 is 1.12 bits per heavy atom. The average Bonchev–Trinajstić information content (AvgIpc) is 3.03. The quantitative estimate of drug-likeness (QED) is 0.525. The molecular weight excluding hydrogens is 350 g/mol. The van der Waals surface area contributed by atoms with E-state index in [-0.39, 0.29) is 11.3 Å². The zero-order valence-corrected chi connectivity index (χ0v) is 15.4. The molecule has 0 bridgehead atoms. The van der Waals surface area contributed by atoms with Crippen LogP contribution in [-0.4, -0.2) is 15.8 Å². The van der Waals surface area contributed by atoms with Crippen molar-refractivity contribution in [3.63, 3.8) is 0 Å². The molecule has 132 valence electrons. The molecule has 0 saturated carbocycles. The van der Waals surface area contributed by atoms with Gasteiger partial charge in [0.1, 0.15) is 0 Å². The molecule has 1 N–H and O–H groups in total. The Hall–Kier alpha value is -3.06. The maximum Gasteiger partial charge on any atom is 0.273 e. The highest BCUT2D eigenvalue weighted by atomic mass is 32.1. The Bertz CT molecular complexity index is 1010. The van der Waals surface area contributed by atoms with Gasteiger partial charge >= 0.3 is 0 Å². The van der Waals surface area contributed by atoms with E-state index < -0.39 is 10.8 Å². The van der Waals surface area contributed by atoms with E-state index in [1.165, 1.54) is 23.0 Å². The third-order valence-corrected chi connectivity index (χ3v) is 4.81. The number of rotatable bonds is 4. The molecule has 1 aromatic heterocycles. The number of amides is 1. The summed E-state index contributed by atoms with van der Waals surface area (Å²) < 4.78 is 0. The summed E-state index contributed by atoms with van der Waals surface area (Å²) in [6.45, 7) is 5.69. The number of benzene rings is 2. The lowest BCUT2D eigenvalue weighted by Gasteiger charge is -2.04. The minimum absolute atomic E-state index is 0.0762. The first kappa shape index (κ1) is 17.8. The maximum atomic E-state index is 12.4. The fourth-order valence-electron chi connectivity index (χ4n) is 2.67. The number of nitrogens with zero attached hydrogens (tertiary/aromatic N) is 2. The number of nitro groups is 1. The van der Waals surface area contributed by atoms with Gasteiger partial charge in [0.15, 0.2) is 5.13 Å². The molecule has 1 amide bonds. The van der Waals surface area contributed by atoms with Crippen molar-refractivity contribution in [2.75, 3.05) is 5.32 Å². The number of nitro benzene ring substituents is 1. The van der Waals surface area contributed by atoms with Gasteiger partial charge in [0.05, 0.1) is 10.6 Å². The molecular formula is C19H17N3O3S. The van der Waals surface area contributed by atoms with Gasteiger partial charge in [-0.2, -0.15) is 0 Å². The second-order valence-corrected chi connectivity index (χ2v) is 6.93. The lowest BCUT2D eigenvalue weighted by atomic mass is 10.0. The summed E-state index contributed by atoms with van der Waals surface area (Å²) in [7, 11) is 0. The van der Waals surface area contributed by atoms with E-state index in [2.05, 4.69) is 16.4 Å². The van der Waals surface area contributed by atoms with E-state index in [9.17, 15) is 14.9 Å². The number of carbonyl (C=O) groups excluding carboxylic acids is 1. The molecule has 1 heterocycles. The van der Waals surface area contributed by atoms with Crippen LogP contribution in [0.5, 0.6) is 0 Å². The van der Waals surface area contributed by atoms with Gasteiger partial charge in [0.25, 0.3) is 11.6 Å². The Morgan fingerprint density at radius 2 is 1.88 bits per heavy atom. The van der Waals surface area contributed by atoms with Crippen LogP contribution in [-0.2, 0) is 0 Å². The first-order valence-corrected chi connectivity index (χ1v) is 8.82. The Morgan fingerprint density at radius 3 is 2.58 bits per heavy atom. The van der Waals surface area contributed by atoms with Crippen molar-refractivity contribution in [3.8, 4) is 11.3 Å². The first-order valence-electron chi connectivity index (χ1n) is 7.94. The van der Waals surface area contributed by atoms with E-state index in [0.29, 0.717) is 10.7 Å². The van der Waals surface area contributed by atoms with Crippen LogP contribution in [0.2, 0.25) is 0 Å². The number of aryl methyl sites for hydroxylation is 3. The van der Waals surface area contributed by atoms with Crippen LogP contribution in [0.25, 0.3) is 11.3 Å². The summed E-state index contributed by atoms with van der Waals surface area (Å²) in [4.78, 5) is 27.4. The lowest BCUT2D eigenvalue weighted by Crippen LogP contribution is -2.12. The number of nitrogens with one attached hydrogen (secondary N) is 1. The zero-order valence-electron chi connectivity index (χ0n) is 14.6. The average molecular weight is 367 g/mol.